The maximum absolute atomic E-state index is 13.0. The largest absolute Gasteiger partial charge is 0.507 e. The quantitative estimate of drug-likeness (QED) is 0.308. The zero-order valence-corrected chi connectivity index (χ0v) is 18.4. The molecule has 3 aromatic rings. The number of benzene rings is 2. The number of aromatic amines is 1. The van der Waals surface area contributed by atoms with Gasteiger partial charge >= 0.3 is 0 Å². The molecule has 6 nitrogen and oxygen atoms in total. The van der Waals surface area contributed by atoms with Gasteiger partial charge in [-0.1, -0.05) is 48.3 Å². The molecule has 1 aliphatic heterocycles. The van der Waals surface area contributed by atoms with Gasteiger partial charge in [-0.3, -0.25) is 9.59 Å². The number of carbonyl (C=O) groups is 2. The van der Waals surface area contributed by atoms with Crippen LogP contribution in [0.4, 0.5) is 0 Å². The van der Waals surface area contributed by atoms with Gasteiger partial charge in [0, 0.05) is 34.8 Å². The van der Waals surface area contributed by atoms with Gasteiger partial charge in [0.25, 0.3) is 11.7 Å². The number of halogens is 2. The molecule has 2 heterocycles. The molecule has 1 aromatic heterocycles. The second kappa shape index (κ2) is 8.29. The normalized spacial score (nSPS) is 18.2. The van der Waals surface area contributed by atoms with Crippen molar-refractivity contribution in [1.29, 1.82) is 0 Å². The molecule has 160 valence electrons. The summed E-state index contributed by atoms with van der Waals surface area (Å²) in [5, 5.41) is 12.4. The topological polar surface area (TPSA) is 82.6 Å². The minimum atomic E-state index is -0.746. The standard InChI is InChI=1S/C23H20Cl2N2O4/c1-3-8-27-19(14-11-26-17-7-5-4-6-13(14)17)18(21(29)23(27)30)20(28)12-9-15(24)22(31-2)16(25)10-12/h4-7,9-11,19,26,28H,3,8H2,1-2H3/b20-18+. The fraction of sp³-hybridized carbons (Fsp3) is 0.217. The van der Waals surface area contributed by atoms with Crippen molar-refractivity contribution in [3.05, 3.63) is 69.3 Å². The molecule has 0 spiro atoms. The van der Waals surface area contributed by atoms with E-state index in [-0.39, 0.29) is 32.7 Å². The first kappa shape index (κ1) is 21.3. The van der Waals surface area contributed by atoms with E-state index >= 15 is 0 Å². The second-order valence-electron chi connectivity index (χ2n) is 7.26. The molecule has 1 fully saturated rings. The number of hydrogen-bond donors (Lipinski definition) is 2. The number of ketones is 1. The van der Waals surface area contributed by atoms with E-state index in [0.29, 0.717) is 13.0 Å². The molecule has 4 rings (SSSR count). The van der Waals surface area contributed by atoms with E-state index in [0.717, 1.165) is 16.5 Å². The number of para-hydroxylation sites is 1. The lowest BCUT2D eigenvalue weighted by Crippen LogP contribution is -2.30. The SMILES string of the molecule is CCCN1C(=O)C(=O)/C(=C(/O)c2cc(Cl)c(OC)c(Cl)c2)C1c1c[nH]c2ccccc12. The number of likely N-dealkylation sites (tertiary alicyclic amines) is 1. The zero-order chi connectivity index (χ0) is 22.3. The van der Waals surface area contributed by atoms with Crippen molar-refractivity contribution in [2.45, 2.75) is 19.4 Å². The highest BCUT2D eigenvalue weighted by molar-refractivity contribution is 6.47. The third kappa shape index (κ3) is 3.46. The highest BCUT2D eigenvalue weighted by Crippen LogP contribution is 2.43. The molecule has 2 aromatic carbocycles. The molecule has 1 amide bonds. The van der Waals surface area contributed by atoms with Crippen LogP contribution in [0.2, 0.25) is 10.0 Å². The minimum Gasteiger partial charge on any atom is -0.507 e. The number of H-pyrrole nitrogens is 1. The molecule has 1 saturated heterocycles. The number of aromatic nitrogens is 1. The molecular formula is C23H20Cl2N2O4. The lowest BCUT2D eigenvalue weighted by atomic mass is 9.95. The molecule has 1 unspecified atom stereocenters. The number of nitrogens with one attached hydrogen (secondary N) is 1. The van der Waals surface area contributed by atoms with Crippen LogP contribution < -0.4 is 4.74 Å². The first-order valence-corrected chi connectivity index (χ1v) is 10.5. The molecule has 1 atom stereocenters. The molecular weight excluding hydrogens is 439 g/mol. The van der Waals surface area contributed by atoms with Gasteiger partial charge in [0.15, 0.2) is 5.75 Å². The molecule has 1 aliphatic rings. The third-order valence-corrected chi connectivity index (χ3v) is 5.96. The van der Waals surface area contributed by atoms with E-state index < -0.39 is 17.7 Å². The average molecular weight is 459 g/mol. The summed E-state index contributed by atoms with van der Waals surface area (Å²) in [6, 6.07) is 9.78. The van der Waals surface area contributed by atoms with Crippen LogP contribution in [0.5, 0.6) is 5.75 Å². The Morgan fingerprint density at radius 3 is 2.52 bits per heavy atom. The summed E-state index contributed by atoms with van der Waals surface area (Å²) in [7, 11) is 1.43. The number of Topliss-reactive ketones (excluding diaryl/α,β-unsaturated/α-hetero) is 1. The Labute approximate surface area is 189 Å². The highest BCUT2D eigenvalue weighted by atomic mass is 35.5. The van der Waals surface area contributed by atoms with Crippen LogP contribution in [0, 0.1) is 0 Å². The van der Waals surface area contributed by atoms with E-state index in [1.807, 2.05) is 31.2 Å². The van der Waals surface area contributed by atoms with Crippen molar-refractivity contribution in [3.8, 4) is 5.75 Å². The number of hydrogen-bond acceptors (Lipinski definition) is 4. The summed E-state index contributed by atoms with van der Waals surface area (Å²) in [5.74, 6) is -1.47. The van der Waals surface area contributed by atoms with E-state index in [2.05, 4.69) is 4.98 Å². The summed E-state index contributed by atoms with van der Waals surface area (Å²) in [6.07, 6.45) is 2.43. The predicted molar refractivity (Wildman–Crippen MR) is 121 cm³/mol. The van der Waals surface area contributed by atoms with Crippen LogP contribution in [-0.2, 0) is 9.59 Å². The lowest BCUT2D eigenvalue weighted by molar-refractivity contribution is -0.139. The predicted octanol–water partition coefficient (Wildman–Crippen LogP) is 5.32. The van der Waals surface area contributed by atoms with E-state index in [1.165, 1.54) is 24.1 Å². The first-order valence-electron chi connectivity index (χ1n) is 9.76. The van der Waals surface area contributed by atoms with Gasteiger partial charge in [-0.05, 0) is 24.6 Å². The van der Waals surface area contributed by atoms with Crippen LogP contribution >= 0.6 is 23.2 Å². The lowest BCUT2D eigenvalue weighted by Gasteiger charge is -2.24. The Hall–Kier alpha value is -2.96. The van der Waals surface area contributed by atoms with Crippen molar-refractivity contribution in [2.75, 3.05) is 13.7 Å². The van der Waals surface area contributed by atoms with Crippen LogP contribution in [0.15, 0.2) is 48.2 Å². The molecule has 0 bridgehead atoms. The third-order valence-electron chi connectivity index (χ3n) is 5.40. The summed E-state index contributed by atoms with van der Waals surface area (Å²) < 4.78 is 5.16. The van der Waals surface area contributed by atoms with Gasteiger partial charge in [-0.2, -0.15) is 0 Å². The fourth-order valence-electron chi connectivity index (χ4n) is 4.04. The van der Waals surface area contributed by atoms with E-state index in [1.54, 1.807) is 6.20 Å². The Kier molecular flexibility index (Phi) is 5.69. The van der Waals surface area contributed by atoms with E-state index in [9.17, 15) is 14.7 Å². The number of aliphatic hydroxyl groups is 1. The number of methoxy groups -OCH3 is 1. The van der Waals surface area contributed by atoms with Crippen molar-refractivity contribution in [3.63, 3.8) is 0 Å². The minimum absolute atomic E-state index is 0.000466. The van der Waals surface area contributed by atoms with Gasteiger partial charge in [0.05, 0.1) is 28.8 Å². The Morgan fingerprint density at radius 2 is 1.87 bits per heavy atom. The van der Waals surface area contributed by atoms with Crippen LogP contribution in [-0.4, -0.2) is 40.3 Å². The van der Waals surface area contributed by atoms with Gasteiger partial charge in [0.2, 0.25) is 0 Å². The van der Waals surface area contributed by atoms with Gasteiger partial charge in [-0.15, -0.1) is 0 Å². The van der Waals surface area contributed by atoms with Crippen LogP contribution in [0.1, 0.15) is 30.5 Å². The number of fused-ring (bicyclic) bond motifs is 1. The maximum Gasteiger partial charge on any atom is 0.295 e. The van der Waals surface area contributed by atoms with E-state index in [4.69, 9.17) is 27.9 Å². The van der Waals surface area contributed by atoms with Crippen molar-refractivity contribution in [1.82, 2.24) is 9.88 Å². The molecule has 0 saturated carbocycles. The number of carbonyl (C=O) groups excluding carboxylic acids is 2. The molecule has 2 N–H and O–H groups in total. The summed E-state index contributed by atoms with van der Waals surface area (Å²) in [5.41, 5.74) is 1.83. The van der Waals surface area contributed by atoms with Gasteiger partial charge < -0.3 is 19.7 Å². The second-order valence-corrected chi connectivity index (χ2v) is 8.07. The maximum atomic E-state index is 13.0. The summed E-state index contributed by atoms with van der Waals surface area (Å²) in [6.45, 7) is 2.30. The first-order chi connectivity index (χ1) is 14.9. The molecule has 0 aliphatic carbocycles. The smallest absolute Gasteiger partial charge is 0.295 e. The van der Waals surface area contributed by atoms with Crippen LogP contribution in [0.25, 0.3) is 16.7 Å². The van der Waals surface area contributed by atoms with Gasteiger partial charge in [0.1, 0.15) is 5.76 Å². The Morgan fingerprint density at radius 1 is 1.19 bits per heavy atom. The highest BCUT2D eigenvalue weighted by Gasteiger charge is 2.46. The van der Waals surface area contributed by atoms with Crippen molar-refractivity contribution >= 4 is 51.6 Å². The monoisotopic (exact) mass is 458 g/mol. The van der Waals surface area contributed by atoms with Crippen LogP contribution in [0.3, 0.4) is 0 Å². The summed E-state index contributed by atoms with van der Waals surface area (Å²) in [4.78, 5) is 30.6. The average Bonchev–Trinajstić information content (AvgIpc) is 3.27. The van der Waals surface area contributed by atoms with Crippen molar-refractivity contribution in [2.24, 2.45) is 0 Å². The number of ether oxygens (including phenoxy) is 1. The molecule has 8 heteroatoms. The summed E-state index contributed by atoms with van der Waals surface area (Å²) >= 11 is 12.5. The number of nitrogens with zero attached hydrogens (tertiary/aromatic N) is 1. The van der Waals surface area contributed by atoms with Crippen molar-refractivity contribution < 1.29 is 19.4 Å². The molecule has 0 radical (unpaired) electrons. The number of amides is 1. The zero-order valence-electron chi connectivity index (χ0n) is 16.9. The fourth-order valence-corrected chi connectivity index (χ4v) is 4.68. The van der Waals surface area contributed by atoms with Gasteiger partial charge in [-0.25, -0.2) is 0 Å². The Bertz CT molecular complexity index is 1210. The Balaban J connectivity index is 1.95. The number of aliphatic hydroxyl groups excluding tert-OH is 1. The number of rotatable bonds is 5. The molecule has 31 heavy (non-hydrogen) atoms.